The van der Waals surface area contributed by atoms with Gasteiger partial charge in [-0.1, -0.05) is 24.3 Å². The van der Waals surface area contributed by atoms with E-state index in [1.165, 1.54) is 0 Å². The quantitative estimate of drug-likeness (QED) is 0.806. The minimum Gasteiger partial charge on any atom is -0.384 e. The molecule has 0 aliphatic heterocycles. The topological polar surface area (TPSA) is 55.6 Å². The molecule has 0 aliphatic carbocycles. The molecular formula is C13H20N2O2. The van der Waals surface area contributed by atoms with Gasteiger partial charge in [0.2, 0.25) is 5.91 Å². The predicted molar refractivity (Wildman–Crippen MR) is 67.3 cm³/mol. The van der Waals surface area contributed by atoms with Crippen LogP contribution in [0.3, 0.4) is 0 Å². The van der Waals surface area contributed by atoms with Crippen molar-refractivity contribution in [1.29, 1.82) is 0 Å². The molecule has 0 aromatic heterocycles. The number of nitrogens with zero attached hydrogens (tertiary/aromatic N) is 1. The van der Waals surface area contributed by atoms with E-state index in [9.17, 15) is 4.79 Å². The van der Waals surface area contributed by atoms with Crippen molar-refractivity contribution >= 4 is 5.91 Å². The first-order valence-corrected chi connectivity index (χ1v) is 5.68. The summed E-state index contributed by atoms with van der Waals surface area (Å²) in [6.45, 7) is 1.55. The summed E-state index contributed by atoms with van der Waals surface area (Å²) < 4.78 is 4.89. The molecule has 4 nitrogen and oxygen atoms in total. The minimum absolute atomic E-state index is 0.0821. The van der Waals surface area contributed by atoms with Gasteiger partial charge in [0.1, 0.15) is 0 Å². The molecule has 0 aliphatic rings. The molecule has 0 saturated carbocycles. The summed E-state index contributed by atoms with van der Waals surface area (Å²) in [5, 5.41) is 0. The second-order valence-electron chi connectivity index (χ2n) is 3.97. The highest BCUT2D eigenvalue weighted by Crippen LogP contribution is 2.10. The van der Waals surface area contributed by atoms with Crippen molar-refractivity contribution in [3.8, 4) is 0 Å². The van der Waals surface area contributed by atoms with Crippen LogP contribution in [0.4, 0.5) is 0 Å². The van der Waals surface area contributed by atoms with Crippen LogP contribution in [-0.4, -0.2) is 31.6 Å². The first-order chi connectivity index (χ1) is 8.19. The highest BCUT2D eigenvalue weighted by Gasteiger charge is 2.10. The summed E-state index contributed by atoms with van der Waals surface area (Å²) in [7, 11) is 3.39. The first-order valence-electron chi connectivity index (χ1n) is 5.68. The van der Waals surface area contributed by atoms with E-state index >= 15 is 0 Å². The van der Waals surface area contributed by atoms with Crippen molar-refractivity contribution in [2.45, 2.75) is 19.5 Å². The van der Waals surface area contributed by atoms with E-state index in [2.05, 4.69) is 0 Å². The number of hydrogen-bond acceptors (Lipinski definition) is 3. The molecule has 0 atom stereocenters. The number of carbonyl (C=O) groups is 1. The summed E-state index contributed by atoms with van der Waals surface area (Å²) in [4.78, 5) is 13.4. The molecule has 1 aromatic carbocycles. The molecular weight excluding hydrogens is 216 g/mol. The number of rotatable bonds is 6. The van der Waals surface area contributed by atoms with Crippen molar-refractivity contribution < 1.29 is 9.53 Å². The van der Waals surface area contributed by atoms with Crippen molar-refractivity contribution in [1.82, 2.24) is 4.90 Å². The Bertz CT molecular complexity index is 366. The second kappa shape index (κ2) is 7.04. The van der Waals surface area contributed by atoms with Crippen LogP contribution in [0.5, 0.6) is 0 Å². The fraction of sp³-hybridized carbons (Fsp3) is 0.462. The number of carbonyl (C=O) groups excluding carboxylic acids is 1. The Hall–Kier alpha value is -1.39. The van der Waals surface area contributed by atoms with Crippen LogP contribution in [0.15, 0.2) is 24.3 Å². The zero-order valence-electron chi connectivity index (χ0n) is 10.5. The molecule has 0 bridgehead atoms. The normalized spacial score (nSPS) is 10.3. The van der Waals surface area contributed by atoms with E-state index in [-0.39, 0.29) is 5.91 Å². The third-order valence-corrected chi connectivity index (χ3v) is 2.69. The van der Waals surface area contributed by atoms with Gasteiger partial charge in [0.05, 0.1) is 13.0 Å². The van der Waals surface area contributed by atoms with Crippen molar-refractivity contribution in [3.05, 3.63) is 35.4 Å². The molecule has 1 amide bonds. The molecule has 94 valence electrons. The van der Waals surface area contributed by atoms with Crippen molar-refractivity contribution in [2.75, 3.05) is 20.8 Å². The summed E-state index contributed by atoms with van der Waals surface area (Å²) in [6, 6.07) is 7.91. The average molecular weight is 236 g/mol. The molecule has 0 fully saturated rings. The van der Waals surface area contributed by atoms with Crippen molar-refractivity contribution in [3.63, 3.8) is 0 Å². The molecule has 2 N–H and O–H groups in total. The zero-order valence-corrected chi connectivity index (χ0v) is 10.5. The second-order valence-corrected chi connectivity index (χ2v) is 3.97. The smallest absolute Gasteiger partial charge is 0.224 e. The number of hydrogen-bond donors (Lipinski definition) is 1. The molecule has 0 unspecified atom stereocenters. The van der Waals surface area contributed by atoms with Crippen LogP contribution >= 0.6 is 0 Å². The van der Waals surface area contributed by atoms with E-state index < -0.39 is 0 Å². The summed E-state index contributed by atoms with van der Waals surface area (Å²) in [6.07, 6.45) is 0.414. The fourth-order valence-electron chi connectivity index (χ4n) is 1.63. The highest BCUT2D eigenvalue weighted by atomic mass is 16.5. The first kappa shape index (κ1) is 13.7. The van der Waals surface area contributed by atoms with E-state index in [1.54, 1.807) is 19.1 Å². The standard InChI is InChI=1S/C13H20N2O2/c1-15(13(16)7-8-17-2)10-12-6-4-3-5-11(12)9-14/h3-6H,7-10,14H2,1-2H3. The Morgan fingerprint density at radius 1 is 1.35 bits per heavy atom. The molecule has 1 rings (SSSR count). The molecule has 1 aromatic rings. The Morgan fingerprint density at radius 3 is 2.59 bits per heavy atom. The third kappa shape index (κ3) is 4.17. The molecule has 0 spiro atoms. The number of methoxy groups -OCH3 is 1. The molecule has 4 heteroatoms. The monoisotopic (exact) mass is 236 g/mol. The van der Waals surface area contributed by atoms with Gasteiger partial charge < -0.3 is 15.4 Å². The van der Waals surface area contributed by atoms with E-state index in [1.807, 2.05) is 24.3 Å². The van der Waals surface area contributed by atoms with Gasteiger partial charge >= 0.3 is 0 Å². The Morgan fingerprint density at radius 2 is 2.00 bits per heavy atom. The molecule has 0 saturated heterocycles. The van der Waals surface area contributed by atoms with Gasteiger partial charge in [-0.15, -0.1) is 0 Å². The SMILES string of the molecule is COCCC(=O)N(C)Cc1ccccc1CN. The van der Waals surface area contributed by atoms with Gasteiger partial charge in [-0.25, -0.2) is 0 Å². The van der Waals surface area contributed by atoms with Crippen LogP contribution in [-0.2, 0) is 22.6 Å². The van der Waals surface area contributed by atoms with Gasteiger partial charge in [-0.05, 0) is 11.1 Å². The maximum absolute atomic E-state index is 11.7. The maximum Gasteiger partial charge on any atom is 0.224 e. The van der Waals surface area contributed by atoms with Crippen LogP contribution in [0.1, 0.15) is 17.5 Å². The lowest BCUT2D eigenvalue weighted by molar-refractivity contribution is -0.131. The van der Waals surface area contributed by atoms with Crippen molar-refractivity contribution in [2.24, 2.45) is 5.73 Å². The van der Waals surface area contributed by atoms with Gasteiger partial charge in [0.15, 0.2) is 0 Å². The van der Waals surface area contributed by atoms with E-state index in [0.717, 1.165) is 11.1 Å². The largest absolute Gasteiger partial charge is 0.384 e. The molecule has 0 radical (unpaired) electrons. The predicted octanol–water partition coefficient (Wildman–Crippen LogP) is 1.14. The van der Waals surface area contributed by atoms with Crippen LogP contribution in [0.25, 0.3) is 0 Å². The Labute approximate surface area is 102 Å². The minimum atomic E-state index is 0.0821. The van der Waals surface area contributed by atoms with Gasteiger partial charge in [0.25, 0.3) is 0 Å². The molecule has 0 heterocycles. The summed E-state index contributed by atoms with van der Waals surface area (Å²) in [5.74, 6) is 0.0821. The Balaban J connectivity index is 2.60. The zero-order chi connectivity index (χ0) is 12.7. The lowest BCUT2D eigenvalue weighted by atomic mass is 10.1. The molecule has 17 heavy (non-hydrogen) atoms. The van der Waals surface area contributed by atoms with Crippen LogP contribution in [0.2, 0.25) is 0 Å². The number of benzene rings is 1. The number of ether oxygens (including phenoxy) is 1. The van der Waals surface area contributed by atoms with Crippen LogP contribution < -0.4 is 5.73 Å². The summed E-state index contributed by atoms with van der Waals surface area (Å²) >= 11 is 0. The van der Waals surface area contributed by atoms with Gasteiger partial charge in [-0.3, -0.25) is 4.79 Å². The van der Waals surface area contributed by atoms with Crippen LogP contribution in [0, 0.1) is 0 Å². The lowest BCUT2D eigenvalue weighted by Gasteiger charge is -2.18. The number of amides is 1. The lowest BCUT2D eigenvalue weighted by Crippen LogP contribution is -2.27. The highest BCUT2D eigenvalue weighted by molar-refractivity contribution is 5.76. The van der Waals surface area contributed by atoms with Gasteiger partial charge in [0, 0.05) is 27.2 Å². The maximum atomic E-state index is 11.7. The summed E-state index contributed by atoms with van der Waals surface area (Å²) in [5.41, 5.74) is 7.84. The van der Waals surface area contributed by atoms with Gasteiger partial charge in [-0.2, -0.15) is 0 Å². The van der Waals surface area contributed by atoms with E-state index in [0.29, 0.717) is 26.1 Å². The third-order valence-electron chi connectivity index (χ3n) is 2.69. The number of nitrogens with two attached hydrogens (primary N) is 1. The average Bonchev–Trinajstić information content (AvgIpc) is 2.36. The van der Waals surface area contributed by atoms with E-state index in [4.69, 9.17) is 10.5 Å². The Kier molecular flexibility index (Phi) is 5.66. The fourth-order valence-corrected chi connectivity index (χ4v) is 1.63.